The molecule has 2 aliphatic heterocycles. The Morgan fingerprint density at radius 2 is 1.97 bits per heavy atom. The summed E-state index contributed by atoms with van der Waals surface area (Å²) in [6.45, 7) is -0.283. The summed E-state index contributed by atoms with van der Waals surface area (Å²) in [6, 6.07) is 14.8. The lowest BCUT2D eigenvalue weighted by molar-refractivity contribution is -0.135. The molecule has 5 rings (SSSR count). The summed E-state index contributed by atoms with van der Waals surface area (Å²) in [5.41, 5.74) is 7.33. The number of rotatable bonds is 6. The molecular formula is C27H21NO8. The summed E-state index contributed by atoms with van der Waals surface area (Å²) in [5, 5.41) is 10.1. The molecule has 0 saturated heterocycles. The van der Waals surface area contributed by atoms with Gasteiger partial charge in [-0.05, 0) is 53.6 Å². The van der Waals surface area contributed by atoms with Crippen LogP contribution >= 0.6 is 0 Å². The number of phenolic OH excluding ortho intramolecular Hbond substituents is 1. The molecule has 182 valence electrons. The fourth-order valence-corrected chi connectivity index (χ4v) is 4.31. The molecule has 1 atom stereocenters. The van der Waals surface area contributed by atoms with E-state index in [0.717, 1.165) is 5.56 Å². The van der Waals surface area contributed by atoms with Crippen LogP contribution in [0.4, 0.5) is 0 Å². The first-order valence-corrected chi connectivity index (χ1v) is 11.0. The van der Waals surface area contributed by atoms with Crippen molar-refractivity contribution in [3.05, 3.63) is 82.6 Å². The number of amides is 1. The van der Waals surface area contributed by atoms with E-state index < -0.39 is 17.8 Å². The monoisotopic (exact) mass is 487 g/mol. The van der Waals surface area contributed by atoms with Crippen molar-refractivity contribution in [2.45, 2.75) is 12.3 Å². The molecular weight excluding hydrogens is 466 g/mol. The Labute approximate surface area is 205 Å². The summed E-state index contributed by atoms with van der Waals surface area (Å²) in [7, 11) is 1.44. The molecule has 0 bridgehead atoms. The van der Waals surface area contributed by atoms with Gasteiger partial charge in [0.25, 0.3) is 5.91 Å². The molecule has 0 fully saturated rings. The number of allylic oxidation sites excluding steroid dienone is 1. The van der Waals surface area contributed by atoms with Crippen LogP contribution in [0.3, 0.4) is 0 Å². The van der Waals surface area contributed by atoms with Crippen LogP contribution in [-0.4, -0.2) is 36.5 Å². The van der Waals surface area contributed by atoms with Crippen molar-refractivity contribution in [1.82, 2.24) is 0 Å². The van der Waals surface area contributed by atoms with Gasteiger partial charge in [0.2, 0.25) is 5.78 Å². The van der Waals surface area contributed by atoms with Gasteiger partial charge in [0.1, 0.15) is 17.2 Å². The van der Waals surface area contributed by atoms with Crippen LogP contribution in [0.5, 0.6) is 28.7 Å². The molecule has 36 heavy (non-hydrogen) atoms. The second-order valence-corrected chi connectivity index (χ2v) is 8.28. The molecule has 1 amide bonds. The van der Waals surface area contributed by atoms with E-state index in [0.29, 0.717) is 39.7 Å². The number of ketones is 1. The molecule has 9 heteroatoms. The van der Waals surface area contributed by atoms with E-state index in [-0.39, 0.29) is 30.3 Å². The van der Waals surface area contributed by atoms with Crippen LogP contribution in [0.25, 0.3) is 6.08 Å². The van der Waals surface area contributed by atoms with Crippen molar-refractivity contribution in [3.63, 3.8) is 0 Å². The number of carbonyl (C=O) groups excluding carboxylic acids is 3. The van der Waals surface area contributed by atoms with Gasteiger partial charge < -0.3 is 29.8 Å². The number of Topliss-reactive ketones (excluding diaryl/α,β-unsaturated/α-hetero) is 1. The quantitative estimate of drug-likeness (QED) is 0.307. The van der Waals surface area contributed by atoms with Crippen LogP contribution in [0, 0.1) is 0 Å². The molecule has 0 saturated carbocycles. The van der Waals surface area contributed by atoms with Gasteiger partial charge in [-0.3, -0.25) is 14.4 Å². The third-order valence-electron chi connectivity index (χ3n) is 5.92. The smallest absolute Gasteiger partial charge is 0.312 e. The van der Waals surface area contributed by atoms with Gasteiger partial charge in [-0.2, -0.15) is 0 Å². The summed E-state index contributed by atoms with van der Waals surface area (Å²) >= 11 is 0. The third kappa shape index (κ3) is 4.22. The van der Waals surface area contributed by atoms with Crippen LogP contribution in [-0.2, 0) is 9.59 Å². The predicted molar refractivity (Wildman–Crippen MR) is 127 cm³/mol. The number of phenols is 1. The SMILES string of the molecule is COc1ccc(/C=C2\Oc3c(ccc4c3C(c3cccc(OCC(N)=O)c3)CC(=O)O4)C2=O)cc1O. The predicted octanol–water partition coefficient (Wildman–Crippen LogP) is 3.32. The Morgan fingerprint density at radius 1 is 1.14 bits per heavy atom. The first kappa shape index (κ1) is 23.0. The minimum atomic E-state index is -0.610. The minimum absolute atomic E-state index is 0.0195. The van der Waals surface area contributed by atoms with Crippen molar-refractivity contribution in [2.24, 2.45) is 5.73 Å². The summed E-state index contributed by atoms with van der Waals surface area (Å²) < 4.78 is 22.0. The zero-order valence-electron chi connectivity index (χ0n) is 19.1. The van der Waals surface area contributed by atoms with Gasteiger partial charge in [0.15, 0.2) is 23.9 Å². The number of aromatic hydroxyl groups is 1. The number of primary amides is 1. The molecule has 3 aromatic rings. The average molecular weight is 487 g/mol. The molecule has 1 unspecified atom stereocenters. The van der Waals surface area contributed by atoms with E-state index in [4.69, 9.17) is 24.7 Å². The second kappa shape index (κ2) is 9.10. The van der Waals surface area contributed by atoms with Crippen LogP contribution < -0.4 is 24.7 Å². The molecule has 9 nitrogen and oxygen atoms in total. The number of nitrogens with two attached hydrogens (primary N) is 1. The van der Waals surface area contributed by atoms with Crippen molar-refractivity contribution in [3.8, 4) is 28.7 Å². The first-order chi connectivity index (χ1) is 17.3. The average Bonchev–Trinajstić information content (AvgIpc) is 3.17. The van der Waals surface area contributed by atoms with Crippen LogP contribution in [0.15, 0.2) is 60.4 Å². The highest BCUT2D eigenvalue weighted by molar-refractivity contribution is 6.15. The van der Waals surface area contributed by atoms with Gasteiger partial charge in [-0.15, -0.1) is 0 Å². The molecule has 0 radical (unpaired) electrons. The number of benzene rings is 3. The molecule has 0 aliphatic carbocycles. The minimum Gasteiger partial charge on any atom is -0.504 e. The van der Waals surface area contributed by atoms with Crippen molar-refractivity contribution in [2.75, 3.05) is 13.7 Å². The van der Waals surface area contributed by atoms with Crippen LogP contribution in [0.1, 0.15) is 39.4 Å². The molecule has 0 aromatic heterocycles. The maximum absolute atomic E-state index is 13.2. The fourth-order valence-electron chi connectivity index (χ4n) is 4.31. The third-order valence-corrected chi connectivity index (χ3v) is 5.92. The van der Waals surface area contributed by atoms with Gasteiger partial charge >= 0.3 is 5.97 Å². The zero-order chi connectivity index (χ0) is 25.4. The first-order valence-electron chi connectivity index (χ1n) is 11.0. The van der Waals surface area contributed by atoms with Crippen molar-refractivity contribution >= 4 is 23.7 Å². The molecule has 2 heterocycles. The second-order valence-electron chi connectivity index (χ2n) is 8.28. The van der Waals surface area contributed by atoms with E-state index in [1.165, 1.54) is 19.3 Å². The lowest BCUT2D eigenvalue weighted by atomic mass is 9.84. The number of hydrogen-bond donors (Lipinski definition) is 2. The Bertz CT molecular complexity index is 1440. The maximum atomic E-state index is 13.2. The van der Waals surface area contributed by atoms with Gasteiger partial charge in [-0.1, -0.05) is 18.2 Å². The summed E-state index contributed by atoms with van der Waals surface area (Å²) in [5.74, 6) is -0.531. The number of carbonyl (C=O) groups is 3. The van der Waals surface area contributed by atoms with Crippen molar-refractivity contribution in [1.29, 1.82) is 0 Å². The topological polar surface area (TPSA) is 134 Å². The Balaban J connectivity index is 1.54. The van der Waals surface area contributed by atoms with E-state index >= 15 is 0 Å². The maximum Gasteiger partial charge on any atom is 0.312 e. The van der Waals surface area contributed by atoms with Gasteiger partial charge in [0, 0.05) is 11.5 Å². The highest BCUT2D eigenvalue weighted by atomic mass is 16.5. The summed E-state index contributed by atoms with van der Waals surface area (Å²) in [4.78, 5) is 36.6. The molecule has 3 N–H and O–H groups in total. The fraction of sp³-hybridized carbons (Fsp3) is 0.148. The normalized spacial score (nSPS) is 17.1. The van der Waals surface area contributed by atoms with E-state index in [2.05, 4.69) is 0 Å². The largest absolute Gasteiger partial charge is 0.504 e. The molecule has 3 aromatic carbocycles. The number of esters is 1. The number of hydrogen-bond acceptors (Lipinski definition) is 8. The standard InChI is InChI=1S/C27H21NO8/c1-33-20-7-5-14(9-19(20)29)10-22-26(32)17-6-8-21-25(27(17)36-22)18(12-24(31)35-21)15-3-2-4-16(11-15)34-13-23(28)30/h2-11,18,29H,12-13H2,1H3,(H2,28,30)/b22-10-. The number of methoxy groups -OCH3 is 1. The Hall–Kier alpha value is -4.79. The zero-order valence-corrected chi connectivity index (χ0v) is 19.1. The van der Waals surface area contributed by atoms with Crippen molar-refractivity contribution < 1.29 is 38.4 Å². The van der Waals surface area contributed by atoms with E-state index in [1.54, 1.807) is 42.5 Å². The molecule has 0 spiro atoms. The Morgan fingerprint density at radius 3 is 2.72 bits per heavy atom. The van der Waals surface area contributed by atoms with Crippen LogP contribution in [0.2, 0.25) is 0 Å². The summed E-state index contributed by atoms with van der Waals surface area (Å²) in [6.07, 6.45) is 1.54. The lowest BCUT2D eigenvalue weighted by Gasteiger charge is -2.26. The molecule has 2 aliphatic rings. The van der Waals surface area contributed by atoms with Gasteiger partial charge in [0.05, 0.1) is 19.1 Å². The van der Waals surface area contributed by atoms with E-state index in [1.807, 2.05) is 6.07 Å². The van der Waals surface area contributed by atoms with Gasteiger partial charge in [-0.25, -0.2) is 0 Å². The van der Waals surface area contributed by atoms with E-state index in [9.17, 15) is 19.5 Å². The lowest BCUT2D eigenvalue weighted by Crippen LogP contribution is -2.22. The highest BCUT2D eigenvalue weighted by Gasteiger charge is 2.38. The number of fused-ring (bicyclic) bond motifs is 3. The Kier molecular flexibility index (Phi) is 5.81. The highest BCUT2D eigenvalue weighted by Crippen LogP contribution is 2.49. The number of ether oxygens (including phenoxy) is 4.